The van der Waals surface area contributed by atoms with Crippen molar-refractivity contribution in [3.8, 4) is 0 Å². The van der Waals surface area contributed by atoms with Crippen LogP contribution in [0.25, 0.3) is 10.8 Å². The van der Waals surface area contributed by atoms with Crippen molar-refractivity contribution in [2.75, 3.05) is 0 Å². The first-order valence-electron chi connectivity index (χ1n) is 7.18. The van der Waals surface area contributed by atoms with E-state index in [1.165, 1.54) is 21.9 Å². The number of hydrogen-bond donors (Lipinski definition) is 1. The summed E-state index contributed by atoms with van der Waals surface area (Å²) < 4.78 is 1.11. The summed E-state index contributed by atoms with van der Waals surface area (Å²) in [7, 11) is 0. The van der Waals surface area contributed by atoms with E-state index < -0.39 is 0 Å². The predicted octanol–water partition coefficient (Wildman–Crippen LogP) is 4.71. The van der Waals surface area contributed by atoms with Crippen molar-refractivity contribution in [1.29, 1.82) is 0 Å². The van der Waals surface area contributed by atoms with Gasteiger partial charge < -0.3 is 5.73 Å². The number of benzene rings is 3. The molecule has 1 atom stereocenters. The van der Waals surface area contributed by atoms with Crippen LogP contribution in [0.4, 0.5) is 0 Å². The zero-order valence-corrected chi connectivity index (χ0v) is 13.4. The molecule has 0 fully saturated rings. The van der Waals surface area contributed by atoms with Crippen molar-refractivity contribution in [3.63, 3.8) is 0 Å². The molecule has 3 aromatic carbocycles. The Bertz CT molecular complexity index is 751. The van der Waals surface area contributed by atoms with E-state index in [0.717, 1.165) is 17.3 Å². The van der Waals surface area contributed by atoms with Crippen LogP contribution in [0.5, 0.6) is 0 Å². The van der Waals surface area contributed by atoms with Crippen molar-refractivity contribution in [3.05, 3.63) is 82.3 Å². The van der Waals surface area contributed by atoms with Gasteiger partial charge in [-0.15, -0.1) is 0 Å². The average Bonchev–Trinajstić information content (AvgIpc) is 2.47. The molecule has 0 aromatic heterocycles. The molecular weight excluding hydrogens is 322 g/mol. The van der Waals surface area contributed by atoms with E-state index >= 15 is 0 Å². The first kappa shape index (κ1) is 14.3. The van der Waals surface area contributed by atoms with Crippen molar-refractivity contribution in [2.24, 2.45) is 5.73 Å². The minimum absolute atomic E-state index is 0.139. The van der Waals surface area contributed by atoms with Crippen LogP contribution in [-0.4, -0.2) is 6.04 Å². The maximum Gasteiger partial charge on any atom is 0.0178 e. The minimum atomic E-state index is 0.139. The van der Waals surface area contributed by atoms with Crippen LogP contribution >= 0.6 is 15.9 Å². The SMILES string of the molecule is NC(Cc1cccc(Br)c1)Cc1ccc2ccccc2c1. The number of nitrogens with two attached hydrogens (primary N) is 1. The van der Waals surface area contributed by atoms with E-state index in [-0.39, 0.29) is 6.04 Å². The lowest BCUT2D eigenvalue weighted by molar-refractivity contribution is 0.665. The van der Waals surface area contributed by atoms with Gasteiger partial charge in [-0.05, 0) is 46.9 Å². The molecule has 1 nitrogen and oxygen atoms in total. The second-order valence-corrected chi connectivity index (χ2v) is 6.40. The highest BCUT2D eigenvalue weighted by Gasteiger charge is 2.06. The highest BCUT2D eigenvalue weighted by Crippen LogP contribution is 2.18. The molecule has 0 radical (unpaired) electrons. The fourth-order valence-electron chi connectivity index (χ4n) is 2.71. The molecular formula is C19H18BrN. The molecule has 0 saturated heterocycles. The molecule has 0 bridgehead atoms. The van der Waals surface area contributed by atoms with Crippen molar-refractivity contribution in [2.45, 2.75) is 18.9 Å². The molecule has 0 amide bonds. The fraction of sp³-hybridized carbons (Fsp3) is 0.158. The van der Waals surface area contributed by atoms with E-state index in [0.29, 0.717) is 0 Å². The zero-order chi connectivity index (χ0) is 14.7. The maximum absolute atomic E-state index is 6.32. The average molecular weight is 340 g/mol. The van der Waals surface area contributed by atoms with Crippen LogP contribution in [-0.2, 0) is 12.8 Å². The van der Waals surface area contributed by atoms with Gasteiger partial charge in [0.2, 0.25) is 0 Å². The number of rotatable bonds is 4. The molecule has 1 unspecified atom stereocenters. The lowest BCUT2D eigenvalue weighted by Gasteiger charge is -2.12. The summed E-state index contributed by atoms with van der Waals surface area (Å²) in [5.41, 5.74) is 8.89. The summed E-state index contributed by atoms with van der Waals surface area (Å²) in [5, 5.41) is 2.56. The summed E-state index contributed by atoms with van der Waals surface area (Å²) in [5.74, 6) is 0. The highest BCUT2D eigenvalue weighted by atomic mass is 79.9. The summed E-state index contributed by atoms with van der Waals surface area (Å²) in [6.45, 7) is 0. The van der Waals surface area contributed by atoms with Crippen LogP contribution in [0.2, 0.25) is 0 Å². The minimum Gasteiger partial charge on any atom is -0.327 e. The van der Waals surface area contributed by atoms with Crippen LogP contribution in [0, 0.1) is 0 Å². The van der Waals surface area contributed by atoms with E-state index in [2.05, 4.69) is 76.6 Å². The van der Waals surface area contributed by atoms with Crippen molar-refractivity contribution >= 4 is 26.7 Å². The first-order valence-corrected chi connectivity index (χ1v) is 7.98. The van der Waals surface area contributed by atoms with Gasteiger partial charge in [0.05, 0.1) is 0 Å². The van der Waals surface area contributed by atoms with Gasteiger partial charge in [-0.3, -0.25) is 0 Å². The number of hydrogen-bond acceptors (Lipinski definition) is 1. The lowest BCUT2D eigenvalue weighted by atomic mass is 9.98. The molecule has 0 aliphatic rings. The zero-order valence-electron chi connectivity index (χ0n) is 11.8. The third kappa shape index (κ3) is 3.72. The van der Waals surface area contributed by atoms with E-state index in [4.69, 9.17) is 5.73 Å². The quantitative estimate of drug-likeness (QED) is 0.731. The Kier molecular flexibility index (Phi) is 4.37. The Morgan fingerprint density at radius 1 is 0.762 bits per heavy atom. The lowest BCUT2D eigenvalue weighted by Crippen LogP contribution is -2.25. The number of fused-ring (bicyclic) bond motifs is 1. The van der Waals surface area contributed by atoms with Gasteiger partial charge in [-0.25, -0.2) is 0 Å². The van der Waals surface area contributed by atoms with Gasteiger partial charge in [-0.2, -0.15) is 0 Å². The largest absolute Gasteiger partial charge is 0.327 e. The van der Waals surface area contributed by atoms with Crippen LogP contribution in [0.15, 0.2) is 71.2 Å². The fourth-order valence-corrected chi connectivity index (χ4v) is 3.15. The summed E-state index contributed by atoms with van der Waals surface area (Å²) in [4.78, 5) is 0. The van der Waals surface area contributed by atoms with E-state index in [1.54, 1.807) is 0 Å². The third-order valence-electron chi connectivity index (χ3n) is 3.70. The molecule has 21 heavy (non-hydrogen) atoms. The van der Waals surface area contributed by atoms with E-state index in [1.807, 2.05) is 6.07 Å². The first-order chi connectivity index (χ1) is 10.2. The van der Waals surface area contributed by atoms with Crippen LogP contribution in [0.1, 0.15) is 11.1 Å². The third-order valence-corrected chi connectivity index (χ3v) is 4.19. The number of halogens is 1. The van der Waals surface area contributed by atoms with Crippen LogP contribution < -0.4 is 5.73 Å². The normalized spacial score (nSPS) is 12.5. The Morgan fingerprint density at radius 3 is 2.24 bits per heavy atom. The van der Waals surface area contributed by atoms with Gasteiger partial charge in [0.15, 0.2) is 0 Å². The highest BCUT2D eigenvalue weighted by molar-refractivity contribution is 9.10. The molecule has 2 N–H and O–H groups in total. The topological polar surface area (TPSA) is 26.0 Å². The van der Waals surface area contributed by atoms with Gasteiger partial charge in [-0.1, -0.05) is 70.5 Å². The second kappa shape index (κ2) is 6.42. The summed E-state index contributed by atoms with van der Waals surface area (Å²) >= 11 is 3.51. The van der Waals surface area contributed by atoms with E-state index in [9.17, 15) is 0 Å². The smallest absolute Gasteiger partial charge is 0.0178 e. The van der Waals surface area contributed by atoms with Gasteiger partial charge in [0.25, 0.3) is 0 Å². The van der Waals surface area contributed by atoms with Crippen molar-refractivity contribution < 1.29 is 0 Å². The Labute approximate surface area is 133 Å². The van der Waals surface area contributed by atoms with Crippen LogP contribution in [0.3, 0.4) is 0 Å². The summed E-state index contributed by atoms with van der Waals surface area (Å²) in [6.07, 6.45) is 1.80. The van der Waals surface area contributed by atoms with Gasteiger partial charge in [0, 0.05) is 10.5 Å². The Morgan fingerprint density at radius 2 is 1.48 bits per heavy atom. The molecule has 3 aromatic rings. The Hall–Kier alpha value is -1.64. The van der Waals surface area contributed by atoms with Crippen molar-refractivity contribution in [1.82, 2.24) is 0 Å². The monoisotopic (exact) mass is 339 g/mol. The standard InChI is InChI=1S/C19H18BrN/c20-18-7-3-4-14(11-18)12-19(21)13-15-8-9-16-5-1-2-6-17(16)10-15/h1-11,19H,12-13,21H2. The predicted molar refractivity (Wildman–Crippen MR) is 93.5 cm³/mol. The Balaban J connectivity index is 1.72. The molecule has 2 heteroatoms. The molecule has 0 heterocycles. The molecule has 0 spiro atoms. The molecule has 0 aliphatic heterocycles. The summed E-state index contributed by atoms with van der Waals surface area (Å²) in [6, 6.07) is 23.6. The molecule has 3 rings (SSSR count). The maximum atomic E-state index is 6.32. The molecule has 0 saturated carbocycles. The second-order valence-electron chi connectivity index (χ2n) is 5.48. The molecule has 0 aliphatic carbocycles. The van der Waals surface area contributed by atoms with Gasteiger partial charge >= 0.3 is 0 Å². The molecule has 106 valence electrons. The van der Waals surface area contributed by atoms with Gasteiger partial charge in [0.1, 0.15) is 0 Å².